The molecule has 1 unspecified atom stereocenters. The molecule has 16 heavy (non-hydrogen) atoms. The molecule has 0 spiro atoms. The van der Waals surface area contributed by atoms with E-state index in [1.165, 1.54) is 0 Å². The second-order valence-electron chi connectivity index (χ2n) is 5.03. The molecule has 0 aliphatic heterocycles. The fourth-order valence-corrected chi connectivity index (χ4v) is 2.09. The van der Waals surface area contributed by atoms with Gasteiger partial charge in [0.05, 0.1) is 34.0 Å². The number of carbonyl (C=O) groups excluding carboxylic acids is 1. The summed E-state index contributed by atoms with van der Waals surface area (Å²) in [6.07, 6.45) is 2.06. The lowest BCUT2D eigenvalue weighted by atomic mass is 10.4. The quantitative estimate of drug-likeness (QED) is 0.322. The van der Waals surface area contributed by atoms with Gasteiger partial charge in [0.15, 0.2) is 0 Å². The van der Waals surface area contributed by atoms with Crippen LogP contribution in [-0.4, -0.2) is 55.4 Å². The van der Waals surface area contributed by atoms with Gasteiger partial charge in [-0.3, -0.25) is 4.79 Å². The van der Waals surface area contributed by atoms with E-state index >= 15 is 0 Å². The first-order valence-electron chi connectivity index (χ1n) is 5.27. The zero-order chi connectivity index (χ0) is 12.8. The van der Waals surface area contributed by atoms with Crippen molar-refractivity contribution in [3.05, 3.63) is 11.8 Å². The Hall–Kier alpha value is -0.440. The van der Waals surface area contributed by atoms with Crippen LogP contribution in [0.4, 0.5) is 0 Å². The summed E-state index contributed by atoms with van der Waals surface area (Å²) in [5.74, 6) is 0. The molecule has 4 nitrogen and oxygen atoms in total. The van der Waals surface area contributed by atoms with Crippen molar-refractivity contribution < 1.29 is 18.9 Å². The SMILES string of the molecule is CC(C)=COCCP(O)C(=O)C[N+](C)(C)C. The molecule has 0 rings (SSSR count). The van der Waals surface area contributed by atoms with Crippen molar-refractivity contribution >= 4 is 13.7 Å². The van der Waals surface area contributed by atoms with E-state index in [1.807, 2.05) is 35.0 Å². The van der Waals surface area contributed by atoms with Crippen LogP contribution in [0, 0.1) is 0 Å². The van der Waals surface area contributed by atoms with Crippen molar-refractivity contribution in [3.8, 4) is 0 Å². The summed E-state index contributed by atoms with van der Waals surface area (Å²) < 4.78 is 5.73. The summed E-state index contributed by atoms with van der Waals surface area (Å²) in [6, 6.07) is 0. The van der Waals surface area contributed by atoms with Crippen molar-refractivity contribution in [2.45, 2.75) is 13.8 Å². The Morgan fingerprint density at radius 3 is 2.38 bits per heavy atom. The minimum absolute atomic E-state index is 0.0664. The Morgan fingerprint density at radius 2 is 1.94 bits per heavy atom. The van der Waals surface area contributed by atoms with Crippen LogP contribution in [0.2, 0.25) is 0 Å². The van der Waals surface area contributed by atoms with Gasteiger partial charge in [0, 0.05) is 6.16 Å². The average molecular weight is 248 g/mol. The number of hydrogen-bond acceptors (Lipinski definition) is 3. The molecule has 5 heteroatoms. The molecule has 0 bridgehead atoms. The highest BCUT2D eigenvalue weighted by Crippen LogP contribution is 2.30. The van der Waals surface area contributed by atoms with Crippen LogP contribution >= 0.6 is 8.15 Å². The van der Waals surface area contributed by atoms with Crippen molar-refractivity contribution in [2.75, 3.05) is 40.5 Å². The van der Waals surface area contributed by atoms with Gasteiger partial charge in [-0.05, 0) is 19.4 Å². The minimum atomic E-state index is -1.55. The van der Waals surface area contributed by atoms with Crippen LogP contribution in [0.25, 0.3) is 0 Å². The third-order valence-electron chi connectivity index (χ3n) is 1.64. The standard InChI is InChI=1S/C11H23NO3P/c1-10(2)9-15-6-7-16(14)11(13)8-12(3,4)5/h9,14H,6-8H2,1-5H3/q+1. The van der Waals surface area contributed by atoms with Crippen molar-refractivity contribution in [3.63, 3.8) is 0 Å². The molecule has 0 aromatic carbocycles. The molecule has 0 aliphatic rings. The first-order chi connectivity index (χ1) is 7.22. The summed E-state index contributed by atoms with van der Waals surface area (Å²) in [7, 11) is 4.25. The van der Waals surface area contributed by atoms with Gasteiger partial charge in [-0.1, -0.05) is 0 Å². The first-order valence-corrected chi connectivity index (χ1v) is 6.75. The zero-order valence-electron chi connectivity index (χ0n) is 10.9. The van der Waals surface area contributed by atoms with Crippen LogP contribution < -0.4 is 0 Å². The van der Waals surface area contributed by atoms with Gasteiger partial charge in [0.2, 0.25) is 5.52 Å². The molecular weight excluding hydrogens is 225 g/mol. The van der Waals surface area contributed by atoms with Crippen LogP contribution in [0.5, 0.6) is 0 Å². The lowest BCUT2D eigenvalue weighted by Gasteiger charge is -2.23. The molecule has 0 aromatic heterocycles. The fraction of sp³-hybridized carbons (Fsp3) is 0.727. The molecule has 0 radical (unpaired) electrons. The average Bonchev–Trinajstić information content (AvgIpc) is 2.08. The van der Waals surface area contributed by atoms with E-state index in [1.54, 1.807) is 6.26 Å². The predicted octanol–water partition coefficient (Wildman–Crippen LogP) is 1.55. The Labute approximate surface area is 99.3 Å². The maximum atomic E-state index is 11.6. The van der Waals surface area contributed by atoms with Gasteiger partial charge in [0.1, 0.15) is 14.7 Å². The third kappa shape index (κ3) is 8.84. The summed E-state index contributed by atoms with van der Waals surface area (Å²) in [5.41, 5.74) is 1.00. The molecule has 1 atom stereocenters. The van der Waals surface area contributed by atoms with Gasteiger partial charge >= 0.3 is 0 Å². The van der Waals surface area contributed by atoms with E-state index in [0.717, 1.165) is 5.57 Å². The van der Waals surface area contributed by atoms with Gasteiger partial charge in [-0.25, -0.2) is 0 Å². The van der Waals surface area contributed by atoms with Crippen molar-refractivity contribution in [1.29, 1.82) is 0 Å². The molecule has 0 saturated heterocycles. The summed E-state index contributed by atoms with van der Waals surface area (Å²) in [5, 5.41) is 0. The van der Waals surface area contributed by atoms with Crippen LogP contribution in [0.3, 0.4) is 0 Å². The molecule has 0 aliphatic carbocycles. The molecule has 0 saturated carbocycles. The largest absolute Gasteiger partial charge is 0.501 e. The van der Waals surface area contributed by atoms with Gasteiger partial charge in [-0.2, -0.15) is 0 Å². The van der Waals surface area contributed by atoms with Gasteiger partial charge < -0.3 is 14.1 Å². The molecule has 0 fully saturated rings. The lowest BCUT2D eigenvalue weighted by Crippen LogP contribution is -2.39. The Morgan fingerprint density at radius 1 is 1.38 bits per heavy atom. The Kier molecular flexibility index (Phi) is 6.81. The highest BCUT2D eigenvalue weighted by atomic mass is 31.1. The van der Waals surface area contributed by atoms with E-state index in [9.17, 15) is 9.69 Å². The van der Waals surface area contributed by atoms with Crippen LogP contribution in [-0.2, 0) is 9.53 Å². The number of ether oxygens (including phenoxy) is 1. The highest BCUT2D eigenvalue weighted by molar-refractivity contribution is 7.69. The number of nitrogens with zero attached hydrogens (tertiary/aromatic N) is 1. The summed E-state index contributed by atoms with van der Waals surface area (Å²) in [4.78, 5) is 21.2. The molecule has 0 aromatic rings. The lowest BCUT2D eigenvalue weighted by molar-refractivity contribution is -0.861. The Bertz CT molecular complexity index is 254. The zero-order valence-corrected chi connectivity index (χ0v) is 11.8. The third-order valence-corrected chi connectivity index (χ3v) is 2.96. The second kappa shape index (κ2) is 7.00. The smallest absolute Gasteiger partial charge is 0.235 e. The van der Waals surface area contributed by atoms with Crippen LogP contribution in [0.15, 0.2) is 11.8 Å². The van der Waals surface area contributed by atoms with E-state index in [0.29, 0.717) is 23.8 Å². The van der Waals surface area contributed by atoms with E-state index < -0.39 is 8.15 Å². The van der Waals surface area contributed by atoms with Crippen LogP contribution in [0.1, 0.15) is 13.8 Å². The molecule has 94 valence electrons. The number of carbonyl (C=O) groups is 1. The fourth-order valence-electron chi connectivity index (χ4n) is 0.977. The normalized spacial score (nSPS) is 13.1. The van der Waals surface area contributed by atoms with Gasteiger partial charge in [0.25, 0.3) is 0 Å². The monoisotopic (exact) mass is 248 g/mol. The maximum absolute atomic E-state index is 11.6. The highest BCUT2D eigenvalue weighted by Gasteiger charge is 2.22. The van der Waals surface area contributed by atoms with Gasteiger partial charge in [-0.15, -0.1) is 0 Å². The van der Waals surface area contributed by atoms with E-state index in [2.05, 4.69) is 0 Å². The molecule has 0 heterocycles. The first kappa shape index (κ1) is 15.6. The number of hydrogen-bond donors (Lipinski definition) is 1. The maximum Gasteiger partial charge on any atom is 0.235 e. The molecule has 0 amide bonds. The number of likely N-dealkylation sites (N-methyl/N-ethyl adjacent to an activating group) is 1. The minimum Gasteiger partial charge on any atom is -0.501 e. The van der Waals surface area contributed by atoms with Crippen molar-refractivity contribution in [2.24, 2.45) is 0 Å². The van der Waals surface area contributed by atoms with E-state index in [-0.39, 0.29) is 5.52 Å². The molecular formula is C11H23NO3P+. The summed E-state index contributed by atoms with van der Waals surface area (Å²) >= 11 is 0. The predicted molar refractivity (Wildman–Crippen MR) is 67.3 cm³/mol. The topological polar surface area (TPSA) is 46.5 Å². The summed E-state index contributed by atoms with van der Waals surface area (Å²) in [6.45, 7) is 4.63. The number of quaternary nitrogens is 1. The van der Waals surface area contributed by atoms with Crippen molar-refractivity contribution in [1.82, 2.24) is 0 Å². The van der Waals surface area contributed by atoms with E-state index in [4.69, 9.17) is 4.74 Å². The Balaban J connectivity index is 3.85. The number of allylic oxidation sites excluding steroid dienone is 1. The second-order valence-corrected chi connectivity index (χ2v) is 6.78. The number of rotatable bonds is 7. The molecule has 1 N–H and O–H groups in total.